The van der Waals surface area contributed by atoms with Gasteiger partial charge in [0, 0.05) is 17.3 Å². The van der Waals surface area contributed by atoms with Crippen LogP contribution >= 0.6 is 0 Å². The molecule has 2 aliphatic rings. The zero-order chi connectivity index (χ0) is 36.0. The van der Waals surface area contributed by atoms with Gasteiger partial charge in [-0.2, -0.15) is 0 Å². The van der Waals surface area contributed by atoms with Gasteiger partial charge in [-0.25, -0.2) is 0 Å². The number of benzene rings is 6. The molecule has 260 valence electrons. The average Bonchev–Trinajstić information content (AvgIpc) is 3.34. The lowest BCUT2D eigenvalue weighted by Gasteiger charge is -2.39. The first-order chi connectivity index (χ1) is 25.3. The smallest absolute Gasteiger partial charge is 0.0152 e. The van der Waals surface area contributed by atoms with Crippen LogP contribution in [-0.4, -0.2) is 0 Å². The van der Waals surface area contributed by atoms with Crippen molar-refractivity contribution < 1.29 is 0 Å². The molecule has 2 aliphatic carbocycles. The van der Waals surface area contributed by atoms with Crippen molar-refractivity contribution >= 4 is 0 Å². The standard InChI is InChI=1S/C52H52/c1-7-17-46-50-36(5)48-32-40(39-27-26-35(4)47(31-39)45-25-15-14-23-43(45)34(3)8-2)28-29-49(48)52(6,33-42-20-12-13-24-44(42)50)51(46)41-22-16-21-38(30-41)37-18-10-9-11-19-37/h9-32,34,36,50-51H,7-8,33H2,1-6H3/b46-17+. The van der Waals surface area contributed by atoms with Gasteiger partial charge < -0.3 is 0 Å². The van der Waals surface area contributed by atoms with Gasteiger partial charge in [-0.05, 0) is 116 Å². The third-order valence-corrected chi connectivity index (χ3v) is 12.7. The van der Waals surface area contributed by atoms with Crippen molar-refractivity contribution in [3.8, 4) is 33.4 Å². The molecule has 0 aromatic heterocycles. The summed E-state index contributed by atoms with van der Waals surface area (Å²) in [4.78, 5) is 0. The molecule has 0 nitrogen and oxygen atoms in total. The van der Waals surface area contributed by atoms with E-state index in [1.165, 1.54) is 72.3 Å². The lowest BCUT2D eigenvalue weighted by molar-refractivity contribution is 0.412. The van der Waals surface area contributed by atoms with Gasteiger partial charge >= 0.3 is 0 Å². The van der Waals surface area contributed by atoms with E-state index in [9.17, 15) is 0 Å². The molecule has 0 amide bonds. The molecule has 0 fully saturated rings. The number of aryl methyl sites for hydroxylation is 1. The molecule has 0 saturated carbocycles. The zero-order valence-electron chi connectivity index (χ0n) is 31.8. The minimum atomic E-state index is -0.131. The summed E-state index contributed by atoms with van der Waals surface area (Å²) >= 11 is 0. The van der Waals surface area contributed by atoms with Gasteiger partial charge in [0.1, 0.15) is 0 Å². The highest BCUT2D eigenvalue weighted by Gasteiger charge is 2.50. The third-order valence-electron chi connectivity index (χ3n) is 12.7. The summed E-state index contributed by atoms with van der Waals surface area (Å²) in [6.07, 6.45) is 5.77. The fourth-order valence-corrected chi connectivity index (χ4v) is 9.90. The molecule has 0 saturated heterocycles. The summed E-state index contributed by atoms with van der Waals surface area (Å²) in [5.74, 6) is 1.40. The molecule has 2 bridgehead atoms. The van der Waals surface area contributed by atoms with E-state index in [1.807, 2.05) is 0 Å². The Hall–Kier alpha value is -4.94. The van der Waals surface area contributed by atoms with Crippen LogP contribution in [0.1, 0.15) is 110 Å². The number of fused-ring (bicyclic) bond motifs is 7. The highest BCUT2D eigenvalue weighted by Crippen LogP contribution is 2.61. The maximum Gasteiger partial charge on any atom is 0.0152 e. The Labute approximate surface area is 312 Å². The molecular weight excluding hydrogens is 625 g/mol. The van der Waals surface area contributed by atoms with E-state index < -0.39 is 0 Å². The molecule has 0 spiro atoms. The lowest BCUT2D eigenvalue weighted by Crippen LogP contribution is -2.33. The second-order valence-electron chi connectivity index (χ2n) is 15.8. The summed E-state index contributed by atoms with van der Waals surface area (Å²) < 4.78 is 0. The maximum atomic E-state index is 2.59. The number of allylic oxidation sites excluding steroid dienone is 2. The molecule has 0 aliphatic heterocycles. The Balaban J connectivity index is 1.32. The monoisotopic (exact) mass is 676 g/mol. The van der Waals surface area contributed by atoms with Crippen molar-refractivity contribution in [3.63, 3.8) is 0 Å². The Morgan fingerprint density at radius 2 is 1.37 bits per heavy atom. The second kappa shape index (κ2) is 13.9. The molecule has 0 heterocycles. The van der Waals surface area contributed by atoms with E-state index >= 15 is 0 Å². The summed E-state index contributed by atoms with van der Waals surface area (Å²) in [6.45, 7) is 14.3. The highest BCUT2D eigenvalue weighted by molar-refractivity contribution is 5.78. The summed E-state index contributed by atoms with van der Waals surface area (Å²) in [5.41, 5.74) is 19.6. The molecule has 0 N–H and O–H groups in total. The Morgan fingerprint density at radius 3 is 2.17 bits per heavy atom. The second-order valence-corrected chi connectivity index (χ2v) is 15.8. The molecule has 6 aromatic rings. The maximum absolute atomic E-state index is 2.59. The van der Waals surface area contributed by atoms with Crippen LogP contribution in [0.15, 0.2) is 151 Å². The number of rotatable bonds is 7. The Bertz CT molecular complexity index is 2270. The summed E-state index contributed by atoms with van der Waals surface area (Å²) in [6, 6.07) is 53.4. The van der Waals surface area contributed by atoms with Crippen LogP contribution in [0.5, 0.6) is 0 Å². The van der Waals surface area contributed by atoms with Crippen LogP contribution in [0, 0.1) is 6.92 Å². The van der Waals surface area contributed by atoms with E-state index in [0.29, 0.717) is 17.8 Å². The van der Waals surface area contributed by atoms with Gasteiger partial charge in [-0.15, -0.1) is 0 Å². The normalized spacial score (nSPS) is 22.0. The molecule has 5 unspecified atom stereocenters. The predicted octanol–water partition coefficient (Wildman–Crippen LogP) is 14.3. The SMILES string of the molecule is CC/C=C1\C2c3ccccc3CC(C)(c3ccc(-c4ccc(C)c(-c5ccccc5C(C)CC)c4)cc3C2C)C1c1cccc(-c2ccccc2)c1. The van der Waals surface area contributed by atoms with Gasteiger partial charge in [-0.1, -0.05) is 180 Å². The van der Waals surface area contributed by atoms with Gasteiger partial charge in [0.25, 0.3) is 0 Å². The summed E-state index contributed by atoms with van der Waals surface area (Å²) in [7, 11) is 0. The first-order valence-corrected chi connectivity index (χ1v) is 19.6. The Kier molecular flexibility index (Phi) is 9.12. The minimum Gasteiger partial charge on any atom is -0.0843 e. The third kappa shape index (κ3) is 5.78. The van der Waals surface area contributed by atoms with Crippen molar-refractivity contribution in [3.05, 3.63) is 190 Å². The Morgan fingerprint density at radius 1 is 0.673 bits per heavy atom. The quantitative estimate of drug-likeness (QED) is 0.148. The molecule has 5 atom stereocenters. The van der Waals surface area contributed by atoms with Gasteiger partial charge in [0.15, 0.2) is 0 Å². The number of hydrogen-bond donors (Lipinski definition) is 0. The first-order valence-electron chi connectivity index (χ1n) is 19.6. The van der Waals surface area contributed by atoms with Gasteiger partial charge in [-0.3, -0.25) is 0 Å². The van der Waals surface area contributed by atoms with E-state index in [2.05, 4.69) is 187 Å². The largest absolute Gasteiger partial charge is 0.0843 e. The van der Waals surface area contributed by atoms with Crippen molar-refractivity contribution in [2.75, 3.05) is 0 Å². The molecule has 8 rings (SSSR count). The van der Waals surface area contributed by atoms with Gasteiger partial charge in [0.2, 0.25) is 0 Å². The molecule has 52 heavy (non-hydrogen) atoms. The fourth-order valence-electron chi connectivity index (χ4n) is 9.90. The van der Waals surface area contributed by atoms with Crippen molar-refractivity contribution in [1.29, 1.82) is 0 Å². The molecule has 0 heteroatoms. The van der Waals surface area contributed by atoms with Gasteiger partial charge in [0.05, 0.1) is 0 Å². The van der Waals surface area contributed by atoms with Crippen LogP contribution in [0.2, 0.25) is 0 Å². The molecular formula is C52H52. The highest BCUT2D eigenvalue weighted by atomic mass is 14.5. The van der Waals surface area contributed by atoms with E-state index in [-0.39, 0.29) is 11.3 Å². The van der Waals surface area contributed by atoms with Crippen LogP contribution in [-0.2, 0) is 11.8 Å². The van der Waals surface area contributed by atoms with Crippen molar-refractivity contribution in [2.24, 2.45) is 0 Å². The topological polar surface area (TPSA) is 0 Å². The number of hydrogen-bond acceptors (Lipinski definition) is 0. The van der Waals surface area contributed by atoms with E-state index in [1.54, 1.807) is 5.57 Å². The lowest BCUT2D eigenvalue weighted by atomic mass is 9.63. The van der Waals surface area contributed by atoms with Crippen LogP contribution in [0.25, 0.3) is 33.4 Å². The van der Waals surface area contributed by atoms with E-state index in [0.717, 1.165) is 19.3 Å². The predicted molar refractivity (Wildman–Crippen MR) is 222 cm³/mol. The van der Waals surface area contributed by atoms with Crippen molar-refractivity contribution in [2.45, 2.75) is 89.9 Å². The zero-order valence-corrected chi connectivity index (χ0v) is 31.8. The minimum absolute atomic E-state index is 0.131. The average molecular weight is 677 g/mol. The summed E-state index contributed by atoms with van der Waals surface area (Å²) in [5, 5.41) is 0. The first kappa shape index (κ1) is 34.2. The fraction of sp³-hybridized carbons (Fsp3) is 0.269. The van der Waals surface area contributed by atoms with Crippen LogP contribution in [0.4, 0.5) is 0 Å². The molecule has 0 radical (unpaired) electrons. The van der Waals surface area contributed by atoms with Crippen molar-refractivity contribution in [1.82, 2.24) is 0 Å². The van der Waals surface area contributed by atoms with Crippen LogP contribution in [0.3, 0.4) is 0 Å². The van der Waals surface area contributed by atoms with E-state index in [4.69, 9.17) is 0 Å². The molecule has 6 aromatic carbocycles. The van der Waals surface area contributed by atoms with Crippen LogP contribution < -0.4 is 0 Å².